The zero-order valence-electron chi connectivity index (χ0n) is 25.2. The van der Waals surface area contributed by atoms with Crippen LogP contribution in [0.15, 0.2) is 213 Å². The summed E-state index contributed by atoms with van der Waals surface area (Å²) >= 11 is 0. The standard InChI is InChI=1S/2C19H15N4.Cu/c2*1-4-10-16(11-5-1)19(22-20-17-12-6-2-7-13-17)23-21-18-14-8-3-9-15-18;/h2*1-15H;/q2*-1;+2. The molecule has 6 aromatic carbocycles. The second-order valence-corrected chi connectivity index (χ2v) is 9.52. The van der Waals surface area contributed by atoms with Gasteiger partial charge in [-0.1, -0.05) is 158 Å². The van der Waals surface area contributed by atoms with Gasteiger partial charge < -0.3 is 21.1 Å². The Morgan fingerprint density at radius 1 is 0.340 bits per heavy atom. The molecular formula is C38H30CuN8. The Hall–Kier alpha value is -6.02. The fourth-order valence-electron chi connectivity index (χ4n) is 3.84. The van der Waals surface area contributed by atoms with E-state index in [1.165, 1.54) is 0 Å². The van der Waals surface area contributed by atoms with Gasteiger partial charge >= 0.3 is 17.1 Å². The molecule has 0 aromatic heterocycles. The molecular weight excluding hydrogens is 632 g/mol. The molecule has 9 heteroatoms. The van der Waals surface area contributed by atoms with Gasteiger partial charge in [-0.05, 0) is 24.3 Å². The van der Waals surface area contributed by atoms with Crippen LogP contribution < -0.4 is 0 Å². The van der Waals surface area contributed by atoms with Gasteiger partial charge in [0, 0.05) is 11.1 Å². The second-order valence-electron chi connectivity index (χ2n) is 9.52. The van der Waals surface area contributed by atoms with Gasteiger partial charge in [0.1, 0.15) is 0 Å². The van der Waals surface area contributed by atoms with E-state index in [9.17, 15) is 0 Å². The van der Waals surface area contributed by atoms with Gasteiger partial charge in [0.25, 0.3) is 0 Å². The molecule has 0 saturated heterocycles. The third kappa shape index (κ3) is 11.8. The Morgan fingerprint density at radius 3 is 0.936 bits per heavy atom. The molecule has 0 amide bonds. The smallest absolute Gasteiger partial charge is 0.574 e. The van der Waals surface area contributed by atoms with Crippen molar-refractivity contribution in [2.45, 2.75) is 0 Å². The molecule has 0 atom stereocenters. The van der Waals surface area contributed by atoms with Crippen molar-refractivity contribution in [3.63, 3.8) is 0 Å². The molecule has 8 nitrogen and oxygen atoms in total. The number of benzene rings is 6. The largest absolute Gasteiger partial charge is 2.00 e. The second kappa shape index (κ2) is 19.4. The molecule has 0 N–H and O–H groups in total. The van der Waals surface area contributed by atoms with E-state index in [-0.39, 0.29) is 17.1 Å². The molecule has 0 aliphatic rings. The molecule has 6 aromatic rings. The average molecular weight is 662 g/mol. The summed E-state index contributed by atoms with van der Waals surface area (Å²) in [6.45, 7) is 0. The van der Waals surface area contributed by atoms with Gasteiger partial charge in [-0.15, -0.1) is 31.8 Å². The molecule has 0 heterocycles. The zero-order chi connectivity index (χ0) is 31.5. The summed E-state index contributed by atoms with van der Waals surface area (Å²) in [6, 6.07) is 57.6. The molecule has 0 aliphatic heterocycles. The van der Waals surface area contributed by atoms with Crippen molar-refractivity contribution < 1.29 is 17.1 Å². The minimum Gasteiger partial charge on any atom is -0.574 e. The molecule has 47 heavy (non-hydrogen) atoms. The van der Waals surface area contributed by atoms with E-state index in [0.29, 0.717) is 11.7 Å². The van der Waals surface area contributed by atoms with Gasteiger partial charge in [-0.25, -0.2) is 0 Å². The van der Waals surface area contributed by atoms with Gasteiger partial charge in [-0.3, -0.25) is 0 Å². The number of amidine groups is 2. The van der Waals surface area contributed by atoms with Crippen LogP contribution in [0, 0.1) is 0 Å². The summed E-state index contributed by atoms with van der Waals surface area (Å²) in [5.74, 6) is 0.941. The number of nitrogens with zero attached hydrogens (tertiary/aromatic N) is 8. The summed E-state index contributed by atoms with van der Waals surface area (Å²) in [6.07, 6.45) is 0. The van der Waals surface area contributed by atoms with E-state index in [0.717, 1.165) is 33.9 Å². The van der Waals surface area contributed by atoms with Crippen LogP contribution in [-0.2, 0) is 17.1 Å². The maximum absolute atomic E-state index is 4.26. The Kier molecular flexibility index (Phi) is 14.0. The topological polar surface area (TPSA) is 102 Å². The molecule has 0 spiro atoms. The number of hydrogen-bond donors (Lipinski definition) is 0. The van der Waals surface area contributed by atoms with E-state index >= 15 is 0 Å². The molecule has 233 valence electrons. The summed E-state index contributed by atoms with van der Waals surface area (Å²) in [4.78, 5) is 0. The van der Waals surface area contributed by atoms with Crippen molar-refractivity contribution >= 4 is 34.4 Å². The first kappa shape index (κ1) is 33.9. The van der Waals surface area contributed by atoms with Crippen LogP contribution >= 0.6 is 0 Å². The van der Waals surface area contributed by atoms with Gasteiger partial charge in [0.05, 0.1) is 11.4 Å². The first-order chi connectivity index (χ1) is 22.8. The van der Waals surface area contributed by atoms with Crippen molar-refractivity contribution in [1.82, 2.24) is 0 Å². The van der Waals surface area contributed by atoms with E-state index in [2.05, 4.69) is 41.5 Å². The first-order valence-electron chi connectivity index (χ1n) is 14.6. The van der Waals surface area contributed by atoms with Crippen LogP contribution in [-0.4, -0.2) is 11.7 Å². The van der Waals surface area contributed by atoms with Crippen molar-refractivity contribution in [3.05, 3.63) is 204 Å². The molecule has 0 aliphatic carbocycles. The summed E-state index contributed by atoms with van der Waals surface area (Å²) in [5, 5.41) is 25.5. The van der Waals surface area contributed by atoms with Gasteiger partial charge in [0.2, 0.25) is 0 Å². The molecule has 0 fully saturated rings. The van der Waals surface area contributed by atoms with Crippen molar-refractivity contribution in [3.8, 4) is 0 Å². The maximum atomic E-state index is 4.26. The van der Waals surface area contributed by atoms with Crippen LogP contribution in [0.1, 0.15) is 11.1 Å². The zero-order valence-corrected chi connectivity index (χ0v) is 26.1. The minimum absolute atomic E-state index is 0. The van der Waals surface area contributed by atoms with Crippen LogP contribution in [0.5, 0.6) is 0 Å². The van der Waals surface area contributed by atoms with E-state index in [1.54, 1.807) is 0 Å². The predicted octanol–water partition coefficient (Wildman–Crippen LogP) is 11.7. The SMILES string of the molecule is [Cu+2].c1ccc(N=NC(=N[N-]c2ccccc2)c2ccccc2)cc1.c1ccc(N=NC(=N[N-]c2ccccc2)c2ccccc2)cc1. The average Bonchev–Trinajstić information content (AvgIpc) is 3.14. The van der Waals surface area contributed by atoms with Gasteiger partial charge in [-0.2, -0.15) is 0 Å². The molecule has 1 radical (unpaired) electrons. The van der Waals surface area contributed by atoms with Crippen molar-refractivity contribution in [2.75, 3.05) is 0 Å². The number of hydrogen-bond acceptors (Lipinski definition) is 4. The monoisotopic (exact) mass is 661 g/mol. The molecule has 0 unspecified atom stereocenters. The maximum Gasteiger partial charge on any atom is 2.00 e. The Labute approximate surface area is 285 Å². The van der Waals surface area contributed by atoms with Crippen LogP contribution in [0.4, 0.5) is 22.7 Å². The van der Waals surface area contributed by atoms with Crippen LogP contribution in [0.2, 0.25) is 0 Å². The Balaban J connectivity index is 0.000000208. The number of azo groups is 2. The Bertz CT molecular complexity index is 1710. The van der Waals surface area contributed by atoms with Crippen LogP contribution in [0.3, 0.4) is 0 Å². The predicted molar refractivity (Wildman–Crippen MR) is 187 cm³/mol. The summed E-state index contributed by atoms with van der Waals surface area (Å²) in [7, 11) is 0. The van der Waals surface area contributed by atoms with E-state index < -0.39 is 0 Å². The fourth-order valence-corrected chi connectivity index (χ4v) is 3.84. The van der Waals surface area contributed by atoms with Crippen molar-refractivity contribution in [1.29, 1.82) is 0 Å². The summed E-state index contributed by atoms with van der Waals surface area (Å²) < 4.78 is 0. The number of rotatable bonds is 8. The molecule has 0 saturated carbocycles. The minimum atomic E-state index is 0. The van der Waals surface area contributed by atoms with E-state index in [4.69, 9.17) is 0 Å². The third-order valence-corrected chi connectivity index (χ3v) is 6.13. The molecule has 6 rings (SSSR count). The van der Waals surface area contributed by atoms with Crippen molar-refractivity contribution in [2.24, 2.45) is 30.7 Å². The fraction of sp³-hybridized carbons (Fsp3) is 0. The van der Waals surface area contributed by atoms with E-state index in [1.807, 2.05) is 182 Å². The normalized spacial score (nSPS) is 11.3. The first-order valence-corrected chi connectivity index (χ1v) is 14.6. The quantitative estimate of drug-likeness (QED) is 0.0509. The van der Waals surface area contributed by atoms with Gasteiger partial charge in [0.15, 0.2) is 11.7 Å². The Morgan fingerprint density at radius 2 is 0.617 bits per heavy atom. The molecule has 0 bridgehead atoms. The van der Waals surface area contributed by atoms with Crippen LogP contribution in [0.25, 0.3) is 10.9 Å². The summed E-state index contributed by atoms with van der Waals surface area (Å²) in [5.41, 5.74) is 13.3. The third-order valence-electron chi connectivity index (χ3n) is 6.13.